The molecule has 3 amide bonds. The molecule has 3 rings (SSSR count). The normalized spacial score (nSPS) is 21.1. The summed E-state index contributed by atoms with van der Waals surface area (Å²) in [4.78, 5) is 34.7. The molecule has 0 aliphatic carbocycles. The number of hydrogen-bond acceptors (Lipinski definition) is 5. The lowest BCUT2D eigenvalue weighted by Gasteiger charge is -2.42. The van der Waals surface area contributed by atoms with Crippen LogP contribution in [0, 0.1) is 0 Å². The second-order valence-corrected chi connectivity index (χ2v) is 6.42. The lowest BCUT2D eigenvalue weighted by Crippen LogP contribution is -2.57. The SMILES string of the molecule is COCCN1C(=O)N(C)C(=O)C12CCN(Cc1ccccn1)CC2. The molecule has 2 aliphatic rings. The highest BCUT2D eigenvalue weighted by Gasteiger charge is 2.56. The molecule has 1 aromatic rings. The van der Waals surface area contributed by atoms with Gasteiger partial charge in [0.2, 0.25) is 0 Å². The second-order valence-electron chi connectivity index (χ2n) is 6.42. The number of imide groups is 1. The van der Waals surface area contributed by atoms with E-state index in [9.17, 15) is 9.59 Å². The molecule has 0 N–H and O–H groups in total. The van der Waals surface area contributed by atoms with E-state index >= 15 is 0 Å². The van der Waals surface area contributed by atoms with Crippen LogP contribution in [-0.2, 0) is 16.1 Å². The van der Waals surface area contributed by atoms with Crippen LogP contribution < -0.4 is 0 Å². The lowest BCUT2D eigenvalue weighted by molar-refractivity contribution is -0.135. The first-order valence-electron chi connectivity index (χ1n) is 8.29. The van der Waals surface area contributed by atoms with Gasteiger partial charge < -0.3 is 9.64 Å². The van der Waals surface area contributed by atoms with Gasteiger partial charge in [-0.1, -0.05) is 6.07 Å². The number of rotatable bonds is 5. The van der Waals surface area contributed by atoms with E-state index in [1.54, 1.807) is 25.3 Å². The van der Waals surface area contributed by atoms with Crippen LogP contribution in [0.2, 0.25) is 0 Å². The van der Waals surface area contributed by atoms with Crippen LogP contribution in [0.5, 0.6) is 0 Å². The summed E-state index contributed by atoms with van der Waals surface area (Å²) in [7, 11) is 3.17. The number of ether oxygens (including phenoxy) is 1. The Balaban J connectivity index is 1.70. The molecule has 1 spiro atoms. The topological polar surface area (TPSA) is 66.0 Å². The number of carbonyl (C=O) groups is 2. The van der Waals surface area contributed by atoms with Gasteiger partial charge in [-0.3, -0.25) is 19.6 Å². The number of pyridine rings is 1. The molecule has 130 valence electrons. The summed E-state index contributed by atoms with van der Waals surface area (Å²) in [6.45, 7) is 3.20. The van der Waals surface area contributed by atoms with Crippen molar-refractivity contribution < 1.29 is 14.3 Å². The number of likely N-dealkylation sites (N-methyl/N-ethyl adjacent to an activating group) is 1. The Morgan fingerprint density at radius 3 is 2.62 bits per heavy atom. The maximum absolute atomic E-state index is 12.7. The number of aromatic nitrogens is 1. The van der Waals surface area contributed by atoms with Crippen molar-refractivity contribution in [1.29, 1.82) is 0 Å². The van der Waals surface area contributed by atoms with E-state index in [4.69, 9.17) is 4.74 Å². The Morgan fingerprint density at radius 2 is 2.00 bits per heavy atom. The van der Waals surface area contributed by atoms with Gasteiger partial charge in [-0.25, -0.2) is 4.79 Å². The minimum Gasteiger partial charge on any atom is -0.383 e. The van der Waals surface area contributed by atoms with Crippen LogP contribution in [0.3, 0.4) is 0 Å². The Hall–Kier alpha value is -1.99. The molecular weight excluding hydrogens is 308 g/mol. The molecule has 7 heteroatoms. The van der Waals surface area contributed by atoms with Crippen molar-refractivity contribution in [3.8, 4) is 0 Å². The number of likely N-dealkylation sites (tertiary alicyclic amines) is 1. The summed E-state index contributed by atoms with van der Waals surface area (Å²) in [5, 5.41) is 0. The number of methoxy groups -OCH3 is 1. The molecule has 24 heavy (non-hydrogen) atoms. The van der Waals surface area contributed by atoms with Crippen molar-refractivity contribution in [3.63, 3.8) is 0 Å². The summed E-state index contributed by atoms with van der Waals surface area (Å²) in [6, 6.07) is 5.68. The fourth-order valence-corrected chi connectivity index (χ4v) is 3.66. The van der Waals surface area contributed by atoms with E-state index in [0.29, 0.717) is 26.0 Å². The van der Waals surface area contributed by atoms with Crippen molar-refractivity contribution in [2.75, 3.05) is 40.4 Å². The quantitative estimate of drug-likeness (QED) is 0.751. The zero-order valence-corrected chi connectivity index (χ0v) is 14.3. The maximum Gasteiger partial charge on any atom is 0.327 e. The average Bonchev–Trinajstić information content (AvgIpc) is 2.78. The molecule has 7 nitrogen and oxygen atoms in total. The maximum atomic E-state index is 12.7. The number of urea groups is 1. The highest BCUT2D eigenvalue weighted by atomic mass is 16.5. The van der Waals surface area contributed by atoms with Crippen LogP contribution in [0.4, 0.5) is 4.79 Å². The largest absolute Gasteiger partial charge is 0.383 e. The predicted octanol–water partition coefficient (Wildman–Crippen LogP) is 0.957. The van der Waals surface area contributed by atoms with Gasteiger partial charge in [-0.2, -0.15) is 0 Å². The van der Waals surface area contributed by atoms with Crippen molar-refractivity contribution in [2.45, 2.75) is 24.9 Å². The van der Waals surface area contributed by atoms with Gasteiger partial charge in [0.05, 0.1) is 12.3 Å². The third-order valence-electron chi connectivity index (χ3n) is 5.05. The average molecular weight is 332 g/mol. The zero-order valence-electron chi connectivity index (χ0n) is 14.3. The predicted molar refractivity (Wildman–Crippen MR) is 88.2 cm³/mol. The molecular formula is C17H24N4O3. The van der Waals surface area contributed by atoms with Crippen LogP contribution in [0.25, 0.3) is 0 Å². The fraction of sp³-hybridized carbons (Fsp3) is 0.588. The Morgan fingerprint density at radius 1 is 1.25 bits per heavy atom. The summed E-state index contributed by atoms with van der Waals surface area (Å²) >= 11 is 0. The number of piperidine rings is 1. The summed E-state index contributed by atoms with van der Waals surface area (Å²) in [5.41, 5.74) is 0.320. The second kappa shape index (κ2) is 6.86. The van der Waals surface area contributed by atoms with Crippen molar-refractivity contribution >= 4 is 11.9 Å². The minimum atomic E-state index is -0.703. The van der Waals surface area contributed by atoms with Gasteiger partial charge in [0.1, 0.15) is 5.54 Å². The van der Waals surface area contributed by atoms with E-state index in [1.807, 2.05) is 18.2 Å². The Bertz CT molecular complexity index is 599. The first kappa shape index (κ1) is 16.9. The third kappa shape index (κ3) is 2.89. The summed E-state index contributed by atoms with van der Waals surface area (Å²) < 4.78 is 5.11. The van der Waals surface area contributed by atoms with Crippen molar-refractivity contribution in [1.82, 2.24) is 19.7 Å². The Labute approximate surface area is 142 Å². The molecule has 2 saturated heterocycles. The Kier molecular flexibility index (Phi) is 4.82. The molecule has 0 saturated carbocycles. The number of nitrogens with zero attached hydrogens (tertiary/aromatic N) is 4. The molecule has 0 unspecified atom stereocenters. The van der Waals surface area contributed by atoms with Gasteiger partial charge in [-0.05, 0) is 25.0 Å². The highest BCUT2D eigenvalue weighted by molar-refractivity contribution is 6.06. The highest BCUT2D eigenvalue weighted by Crippen LogP contribution is 2.36. The van der Waals surface area contributed by atoms with E-state index < -0.39 is 5.54 Å². The fourth-order valence-electron chi connectivity index (χ4n) is 3.66. The molecule has 3 heterocycles. The third-order valence-corrected chi connectivity index (χ3v) is 5.05. The van der Waals surface area contributed by atoms with Gasteiger partial charge >= 0.3 is 6.03 Å². The van der Waals surface area contributed by atoms with Gasteiger partial charge in [0.25, 0.3) is 5.91 Å². The van der Waals surface area contributed by atoms with Crippen molar-refractivity contribution in [2.24, 2.45) is 0 Å². The van der Waals surface area contributed by atoms with Gasteiger partial charge in [-0.15, -0.1) is 0 Å². The standard InChI is InChI=1S/C17H24N4O3/c1-19-15(22)17(21(16(19)23)11-12-24-2)6-9-20(10-7-17)13-14-5-3-4-8-18-14/h3-5,8H,6-7,9-13H2,1-2H3. The number of carbonyl (C=O) groups excluding carboxylic acids is 2. The molecule has 1 aromatic heterocycles. The number of amides is 3. The molecule has 0 radical (unpaired) electrons. The lowest BCUT2D eigenvalue weighted by atomic mass is 9.85. The van der Waals surface area contributed by atoms with E-state index in [0.717, 1.165) is 25.3 Å². The number of hydrogen-bond donors (Lipinski definition) is 0. The van der Waals surface area contributed by atoms with E-state index in [-0.39, 0.29) is 11.9 Å². The molecule has 2 fully saturated rings. The van der Waals surface area contributed by atoms with Gasteiger partial charge in [0.15, 0.2) is 0 Å². The first-order valence-corrected chi connectivity index (χ1v) is 8.29. The van der Waals surface area contributed by atoms with Crippen LogP contribution in [0.15, 0.2) is 24.4 Å². The monoisotopic (exact) mass is 332 g/mol. The van der Waals surface area contributed by atoms with E-state index in [2.05, 4.69) is 9.88 Å². The molecule has 0 bridgehead atoms. The molecule has 0 aromatic carbocycles. The first-order chi connectivity index (χ1) is 11.6. The van der Waals surface area contributed by atoms with Crippen LogP contribution in [-0.4, -0.2) is 77.6 Å². The minimum absolute atomic E-state index is 0.0823. The molecule has 0 atom stereocenters. The van der Waals surface area contributed by atoms with Gasteiger partial charge in [0, 0.05) is 46.5 Å². The smallest absolute Gasteiger partial charge is 0.327 e. The van der Waals surface area contributed by atoms with E-state index in [1.165, 1.54) is 4.90 Å². The summed E-state index contributed by atoms with van der Waals surface area (Å²) in [6.07, 6.45) is 3.10. The van der Waals surface area contributed by atoms with Crippen LogP contribution >= 0.6 is 0 Å². The van der Waals surface area contributed by atoms with Crippen LogP contribution in [0.1, 0.15) is 18.5 Å². The molecule has 2 aliphatic heterocycles. The zero-order chi connectivity index (χ0) is 17.2. The van der Waals surface area contributed by atoms with Crippen molar-refractivity contribution in [3.05, 3.63) is 30.1 Å². The summed E-state index contributed by atoms with van der Waals surface area (Å²) in [5.74, 6) is -0.0823.